The molecule has 1 rings (SSSR count). The van der Waals surface area contributed by atoms with Gasteiger partial charge in [0.25, 0.3) is 0 Å². The van der Waals surface area contributed by atoms with Crippen molar-refractivity contribution in [1.29, 1.82) is 0 Å². The van der Waals surface area contributed by atoms with Crippen LogP contribution in [0.2, 0.25) is 0 Å². The Morgan fingerprint density at radius 1 is 1.57 bits per heavy atom. The highest BCUT2D eigenvalue weighted by Gasteiger charge is 2.21. The molecule has 1 fully saturated rings. The number of nitrogens with zero attached hydrogens (tertiary/aromatic N) is 1. The van der Waals surface area contributed by atoms with Gasteiger partial charge in [0, 0.05) is 19.1 Å². The number of ether oxygens (including phenoxy) is 1. The predicted octanol–water partition coefficient (Wildman–Crippen LogP) is 0.363. The Balaban J connectivity index is 2.29. The number of rotatable bonds is 4. The van der Waals surface area contributed by atoms with E-state index >= 15 is 0 Å². The average molecular weight is 200 g/mol. The highest BCUT2D eigenvalue weighted by Crippen LogP contribution is 2.16. The van der Waals surface area contributed by atoms with Gasteiger partial charge in [-0.3, -0.25) is 9.69 Å². The summed E-state index contributed by atoms with van der Waals surface area (Å²) in [5, 5.41) is 0. The quantitative estimate of drug-likeness (QED) is 0.666. The Morgan fingerprint density at radius 2 is 2.36 bits per heavy atom. The van der Waals surface area contributed by atoms with Crippen LogP contribution in [0.3, 0.4) is 0 Å². The first kappa shape index (κ1) is 11.5. The molecule has 1 heterocycles. The number of nitrogens with two attached hydrogens (primary N) is 1. The molecule has 0 aromatic rings. The number of carbonyl (C=O) groups excluding carboxylic acids is 1. The van der Waals surface area contributed by atoms with Crippen molar-refractivity contribution in [3.8, 4) is 0 Å². The fourth-order valence-corrected chi connectivity index (χ4v) is 1.96. The summed E-state index contributed by atoms with van der Waals surface area (Å²) in [6.45, 7) is 2.55. The van der Waals surface area contributed by atoms with Crippen LogP contribution in [0.15, 0.2) is 0 Å². The molecule has 14 heavy (non-hydrogen) atoms. The number of methoxy groups -OCH3 is 1. The monoisotopic (exact) mass is 200 g/mol. The molecule has 0 unspecified atom stereocenters. The topological polar surface area (TPSA) is 55.6 Å². The Kier molecular flexibility index (Phi) is 4.90. The van der Waals surface area contributed by atoms with Gasteiger partial charge in [0.1, 0.15) is 0 Å². The molecule has 0 bridgehead atoms. The van der Waals surface area contributed by atoms with Gasteiger partial charge in [-0.1, -0.05) is 6.42 Å². The van der Waals surface area contributed by atoms with Crippen molar-refractivity contribution in [3.05, 3.63) is 0 Å². The third kappa shape index (κ3) is 3.27. The highest BCUT2D eigenvalue weighted by atomic mass is 16.5. The van der Waals surface area contributed by atoms with Gasteiger partial charge in [-0.2, -0.15) is 0 Å². The Hall–Kier alpha value is -0.610. The fourth-order valence-electron chi connectivity index (χ4n) is 1.96. The van der Waals surface area contributed by atoms with E-state index in [2.05, 4.69) is 9.64 Å². The summed E-state index contributed by atoms with van der Waals surface area (Å²) in [6, 6.07) is 0.466. The van der Waals surface area contributed by atoms with Crippen molar-refractivity contribution >= 4 is 5.97 Å². The summed E-state index contributed by atoms with van der Waals surface area (Å²) < 4.78 is 4.61. The second-order valence-electron chi connectivity index (χ2n) is 3.75. The third-order valence-electron chi connectivity index (χ3n) is 2.85. The van der Waals surface area contributed by atoms with Crippen LogP contribution in [0, 0.1) is 0 Å². The van der Waals surface area contributed by atoms with Gasteiger partial charge >= 0.3 is 5.97 Å². The molecule has 82 valence electrons. The first-order chi connectivity index (χ1) is 6.77. The van der Waals surface area contributed by atoms with E-state index in [-0.39, 0.29) is 5.97 Å². The highest BCUT2D eigenvalue weighted by molar-refractivity contribution is 5.69. The molecule has 2 N–H and O–H groups in total. The zero-order chi connectivity index (χ0) is 10.4. The van der Waals surface area contributed by atoms with E-state index in [1.807, 2.05) is 0 Å². The molecule has 1 atom stereocenters. The standard InChI is InChI=1S/C10H20N2O2/c1-14-10(13)5-7-12-6-3-2-4-9(12)8-11/h9H,2-8,11H2,1H3/t9-/m1/s1. The number of likely N-dealkylation sites (tertiary alicyclic amines) is 1. The second-order valence-corrected chi connectivity index (χ2v) is 3.75. The van der Waals surface area contributed by atoms with Gasteiger partial charge < -0.3 is 10.5 Å². The van der Waals surface area contributed by atoms with Gasteiger partial charge in [0.05, 0.1) is 13.5 Å². The molecule has 4 nitrogen and oxygen atoms in total. The van der Waals surface area contributed by atoms with Crippen LogP contribution in [-0.2, 0) is 9.53 Å². The maximum absolute atomic E-state index is 11.0. The van der Waals surface area contributed by atoms with Crippen LogP contribution in [0.5, 0.6) is 0 Å². The largest absolute Gasteiger partial charge is 0.469 e. The first-order valence-electron chi connectivity index (χ1n) is 5.29. The third-order valence-corrected chi connectivity index (χ3v) is 2.85. The lowest BCUT2D eigenvalue weighted by atomic mass is 10.0. The maximum Gasteiger partial charge on any atom is 0.306 e. The first-order valence-corrected chi connectivity index (χ1v) is 5.29. The molecule has 1 saturated heterocycles. The zero-order valence-electron chi connectivity index (χ0n) is 8.87. The molecule has 0 spiro atoms. The molecule has 0 saturated carbocycles. The zero-order valence-corrected chi connectivity index (χ0v) is 8.87. The maximum atomic E-state index is 11.0. The van der Waals surface area contributed by atoms with Gasteiger partial charge in [-0.05, 0) is 19.4 Å². The Labute approximate surface area is 85.4 Å². The van der Waals surface area contributed by atoms with Crippen LogP contribution in [-0.4, -0.2) is 43.7 Å². The number of carbonyl (C=O) groups is 1. The molecular formula is C10H20N2O2. The lowest BCUT2D eigenvalue weighted by Gasteiger charge is -2.34. The van der Waals surface area contributed by atoms with Crippen molar-refractivity contribution < 1.29 is 9.53 Å². The van der Waals surface area contributed by atoms with Crippen LogP contribution in [0.1, 0.15) is 25.7 Å². The summed E-state index contributed by atoms with van der Waals surface area (Å²) >= 11 is 0. The van der Waals surface area contributed by atoms with Crippen molar-refractivity contribution in [1.82, 2.24) is 4.90 Å². The van der Waals surface area contributed by atoms with Gasteiger partial charge in [-0.15, -0.1) is 0 Å². The van der Waals surface area contributed by atoms with E-state index in [0.29, 0.717) is 19.0 Å². The van der Waals surface area contributed by atoms with E-state index in [1.165, 1.54) is 20.0 Å². The van der Waals surface area contributed by atoms with Gasteiger partial charge in [0.15, 0.2) is 0 Å². The summed E-state index contributed by atoms with van der Waals surface area (Å²) in [5.74, 6) is -0.133. The number of esters is 1. The van der Waals surface area contributed by atoms with Crippen molar-refractivity contribution in [2.24, 2.45) is 5.73 Å². The summed E-state index contributed by atoms with van der Waals surface area (Å²) in [5.41, 5.74) is 5.67. The molecule has 1 aliphatic heterocycles. The second kappa shape index (κ2) is 5.98. The minimum Gasteiger partial charge on any atom is -0.469 e. The fraction of sp³-hybridized carbons (Fsp3) is 0.900. The van der Waals surface area contributed by atoms with Crippen LogP contribution in [0.25, 0.3) is 0 Å². The van der Waals surface area contributed by atoms with Crippen molar-refractivity contribution in [2.45, 2.75) is 31.7 Å². The van der Waals surface area contributed by atoms with Crippen molar-refractivity contribution in [2.75, 3.05) is 26.7 Å². The van der Waals surface area contributed by atoms with Crippen LogP contribution in [0.4, 0.5) is 0 Å². The lowest BCUT2D eigenvalue weighted by Crippen LogP contribution is -2.44. The van der Waals surface area contributed by atoms with Gasteiger partial charge in [-0.25, -0.2) is 0 Å². The number of piperidine rings is 1. The van der Waals surface area contributed by atoms with E-state index in [0.717, 1.165) is 19.5 Å². The van der Waals surface area contributed by atoms with E-state index in [4.69, 9.17) is 5.73 Å². The van der Waals surface area contributed by atoms with Crippen LogP contribution < -0.4 is 5.73 Å². The Morgan fingerprint density at radius 3 is 3.00 bits per heavy atom. The van der Waals surface area contributed by atoms with Crippen molar-refractivity contribution in [3.63, 3.8) is 0 Å². The molecule has 4 heteroatoms. The molecule has 0 aromatic heterocycles. The molecule has 0 amide bonds. The smallest absolute Gasteiger partial charge is 0.306 e. The molecule has 0 aliphatic carbocycles. The van der Waals surface area contributed by atoms with E-state index in [9.17, 15) is 4.79 Å². The molecule has 0 aromatic carbocycles. The molecule has 1 aliphatic rings. The van der Waals surface area contributed by atoms with Gasteiger partial charge in [0.2, 0.25) is 0 Å². The lowest BCUT2D eigenvalue weighted by molar-refractivity contribution is -0.141. The van der Waals surface area contributed by atoms with Crippen LogP contribution >= 0.6 is 0 Å². The van der Waals surface area contributed by atoms with E-state index in [1.54, 1.807) is 0 Å². The van der Waals surface area contributed by atoms with E-state index < -0.39 is 0 Å². The summed E-state index contributed by atoms with van der Waals surface area (Å²) in [6.07, 6.45) is 4.12. The summed E-state index contributed by atoms with van der Waals surface area (Å²) in [4.78, 5) is 13.3. The predicted molar refractivity (Wildman–Crippen MR) is 54.9 cm³/mol. The summed E-state index contributed by atoms with van der Waals surface area (Å²) in [7, 11) is 1.43. The normalized spacial score (nSPS) is 23.4. The minimum atomic E-state index is -0.133. The molecular weight excluding hydrogens is 180 g/mol. The minimum absolute atomic E-state index is 0.133. The SMILES string of the molecule is COC(=O)CCN1CCCC[C@@H]1CN. The number of hydrogen-bond acceptors (Lipinski definition) is 4. The molecule has 0 radical (unpaired) electrons. The number of hydrogen-bond donors (Lipinski definition) is 1. The average Bonchev–Trinajstić information content (AvgIpc) is 2.26. The Bertz CT molecular complexity index is 185.